The third-order valence-electron chi connectivity index (χ3n) is 2.27. The van der Waals surface area contributed by atoms with Gasteiger partial charge in [0.05, 0.1) is 18.8 Å². The van der Waals surface area contributed by atoms with Crippen LogP contribution in [-0.4, -0.2) is 18.6 Å². The lowest BCUT2D eigenvalue weighted by molar-refractivity contribution is 0.483. The van der Waals surface area contributed by atoms with E-state index in [1.807, 2.05) is 0 Å². The monoisotopic (exact) mass is 346 g/mol. The van der Waals surface area contributed by atoms with E-state index in [0.29, 0.717) is 11.5 Å². The number of hydrogen-bond acceptors (Lipinski definition) is 6. The lowest BCUT2D eigenvalue weighted by Crippen LogP contribution is -2.23. The van der Waals surface area contributed by atoms with Gasteiger partial charge < -0.3 is 10.2 Å². The molecule has 0 atom stereocenters. The van der Waals surface area contributed by atoms with Gasteiger partial charge in [0.2, 0.25) is 10.0 Å². The summed E-state index contributed by atoms with van der Waals surface area (Å²) in [5, 5.41) is 7.45. The quantitative estimate of drug-likeness (QED) is 0.826. The molecule has 0 aliphatic heterocycles. The van der Waals surface area contributed by atoms with Crippen molar-refractivity contribution < 1.29 is 12.8 Å². The smallest absolute Gasteiger partial charge is 0.245 e. The van der Waals surface area contributed by atoms with E-state index in [2.05, 4.69) is 30.8 Å². The van der Waals surface area contributed by atoms with Crippen molar-refractivity contribution >= 4 is 26.0 Å². The number of aromatic nitrogens is 2. The molecule has 9 heteroatoms. The number of nitrogens with one attached hydrogen (secondary N) is 1. The van der Waals surface area contributed by atoms with Gasteiger partial charge in [0.15, 0.2) is 4.67 Å². The van der Waals surface area contributed by atoms with Gasteiger partial charge in [-0.1, -0.05) is 0 Å². The Hall–Kier alpha value is -1.29. The molecular formula is C10H11BrN4O3S. The molecule has 7 nitrogen and oxygen atoms in total. The predicted molar refractivity (Wildman–Crippen MR) is 70.4 cm³/mol. The second kappa shape index (κ2) is 5.78. The molecular weight excluding hydrogens is 336 g/mol. The van der Waals surface area contributed by atoms with Crippen LogP contribution >= 0.6 is 15.9 Å². The van der Waals surface area contributed by atoms with Gasteiger partial charge >= 0.3 is 0 Å². The molecule has 0 bridgehead atoms. The first kappa shape index (κ1) is 14.1. The van der Waals surface area contributed by atoms with Crippen LogP contribution in [0.25, 0.3) is 0 Å². The highest BCUT2D eigenvalue weighted by Crippen LogP contribution is 2.25. The number of nitrogens with two attached hydrogens (primary N) is 1. The minimum atomic E-state index is -3.69. The van der Waals surface area contributed by atoms with E-state index in [1.54, 1.807) is 12.1 Å². The van der Waals surface area contributed by atoms with E-state index in [4.69, 9.17) is 10.2 Å². The molecule has 19 heavy (non-hydrogen) atoms. The Balaban J connectivity index is 2.16. The fraction of sp³-hybridized carbons (Fsp3) is 0.200. The van der Waals surface area contributed by atoms with Crippen LogP contribution < -0.4 is 10.5 Å². The summed E-state index contributed by atoms with van der Waals surface area (Å²) in [5.41, 5.74) is 5.91. The highest BCUT2D eigenvalue weighted by Gasteiger charge is 2.22. The average molecular weight is 347 g/mol. The Morgan fingerprint density at radius 3 is 2.84 bits per heavy atom. The Bertz CT molecular complexity index is 657. The lowest BCUT2D eigenvalue weighted by atomic mass is 10.4. The van der Waals surface area contributed by atoms with Gasteiger partial charge in [0.1, 0.15) is 10.7 Å². The molecule has 2 aromatic heterocycles. The molecule has 3 N–H and O–H groups in total. The second-order valence-corrected chi connectivity index (χ2v) is 6.05. The average Bonchev–Trinajstić information content (AvgIpc) is 2.80. The van der Waals surface area contributed by atoms with Crippen molar-refractivity contribution in [1.29, 1.82) is 0 Å². The van der Waals surface area contributed by atoms with Crippen LogP contribution in [0.4, 0.5) is 0 Å². The van der Waals surface area contributed by atoms with Crippen LogP contribution in [0.2, 0.25) is 0 Å². The van der Waals surface area contributed by atoms with Crippen molar-refractivity contribution in [3.05, 3.63) is 40.5 Å². The van der Waals surface area contributed by atoms with E-state index in [-0.39, 0.29) is 22.7 Å². The maximum absolute atomic E-state index is 12.1. The zero-order valence-electron chi connectivity index (χ0n) is 9.71. The maximum Gasteiger partial charge on any atom is 0.245 e. The van der Waals surface area contributed by atoms with Crippen molar-refractivity contribution in [2.45, 2.75) is 18.0 Å². The number of sulfonamides is 1. The first-order valence-electron chi connectivity index (χ1n) is 5.27. The summed E-state index contributed by atoms with van der Waals surface area (Å²) in [6.45, 7) is 0.171. The highest BCUT2D eigenvalue weighted by atomic mass is 79.9. The van der Waals surface area contributed by atoms with E-state index in [9.17, 15) is 8.42 Å². The minimum absolute atomic E-state index is 0.0110. The molecule has 0 spiro atoms. The summed E-state index contributed by atoms with van der Waals surface area (Å²) in [7, 11) is -3.69. The van der Waals surface area contributed by atoms with E-state index >= 15 is 0 Å². The molecule has 0 amide bonds. The van der Waals surface area contributed by atoms with Crippen LogP contribution in [0.15, 0.2) is 38.4 Å². The summed E-state index contributed by atoms with van der Waals surface area (Å²) in [5.74, 6) is 0.381. The molecule has 0 aliphatic carbocycles. The molecule has 0 saturated carbocycles. The fourth-order valence-electron chi connectivity index (χ4n) is 1.36. The molecule has 0 unspecified atom stereocenters. The predicted octanol–water partition coefficient (Wildman–Crippen LogP) is 0.769. The van der Waals surface area contributed by atoms with Gasteiger partial charge in [0.25, 0.3) is 0 Å². The normalized spacial score (nSPS) is 11.7. The van der Waals surface area contributed by atoms with Crippen LogP contribution in [0, 0.1) is 0 Å². The summed E-state index contributed by atoms with van der Waals surface area (Å²) in [6.07, 6.45) is 1.51. The molecule has 102 valence electrons. The lowest BCUT2D eigenvalue weighted by Gasteiger charge is -2.03. The third kappa shape index (κ3) is 3.38. The summed E-state index contributed by atoms with van der Waals surface area (Å²) in [6, 6.07) is 4.73. The molecule has 0 aliphatic rings. The Morgan fingerprint density at radius 1 is 1.47 bits per heavy atom. The summed E-state index contributed by atoms with van der Waals surface area (Å²) >= 11 is 3.05. The van der Waals surface area contributed by atoms with E-state index in [1.165, 1.54) is 12.3 Å². The second-order valence-electron chi connectivity index (χ2n) is 3.59. The third-order valence-corrected chi connectivity index (χ3v) is 4.53. The van der Waals surface area contributed by atoms with Gasteiger partial charge in [-0.25, -0.2) is 13.1 Å². The zero-order chi connectivity index (χ0) is 13.9. The summed E-state index contributed by atoms with van der Waals surface area (Å²) in [4.78, 5) is 0.0110. The van der Waals surface area contributed by atoms with Crippen molar-refractivity contribution in [2.24, 2.45) is 5.73 Å². The SMILES string of the molecule is NCc1cc(S(=O)(=O)NCc2cccnn2)c(Br)o1. The van der Waals surface area contributed by atoms with Crippen LogP contribution in [-0.2, 0) is 23.1 Å². The topological polar surface area (TPSA) is 111 Å². The van der Waals surface area contributed by atoms with Gasteiger partial charge in [-0.3, -0.25) is 0 Å². The molecule has 0 saturated heterocycles. The summed E-state index contributed by atoms with van der Waals surface area (Å²) < 4.78 is 31.8. The minimum Gasteiger partial charge on any atom is -0.452 e. The molecule has 2 heterocycles. The largest absolute Gasteiger partial charge is 0.452 e. The molecule has 2 aromatic rings. The van der Waals surface area contributed by atoms with Crippen molar-refractivity contribution in [3.8, 4) is 0 Å². The van der Waals surface area contributed by atoms with Crippen LogP contribution in [0.5, 0.6) is 0 Å². The molecule has 0 radical (unpaired) electrons. The Kier molecular flexibility index (Phi) is 4.30. The van der Waals surface area contributed by atoms with E-state index < -0.39 is 10.0 Å². The Labute approximate surface area is 118 Å². The van der Waals surface area contributed by atoms with Crippen LogP contribution in [0.3, 0.4) is 0 Å². The fourth-order valence-corrected chi connectivity index (χ4v) is 3.35. The van der Waals surface area contributed by atoms with Gasteiger partial charge in [0, 0.05) is 12.3 Å². The Morgan fingerprint density at radius 2 is 2.26 bits per heavy atom. The molecule has 2 rings (SSSR count). The van der Waals surface area contributed by atoms with E-state index in [0.717, 1.165) is 0 Å². The van der Waals surface area contributed by atoms with Crippen molar-refractivity contribution in [1.82, 2.24) is 14.9 Å². The van der Waals surface area contributed by atoms with Gasteiger partial charge in [-0.15, -0.1) is 0 Å². The first-order valence-corrected chi connectivity index (χ1v) is 7.55. The standard InChI is InChI=1S/C10H11BrN4O3S/c11-10-9(4-8(5-12)18-10)19(16,17)14-6-7-2-1-3-13-15-7/h1-4,14H,5-6,12H2. The molecule has 0 fully saturated rings. The number of hydrogen-bond donors (Lipinski definition) is 2. The number of nitrogens with zero attached hydrogens (tertiary/aromatic N) is 2. The highest BCUT2D eigenvalue weighted by molar-refractivity contribution is 9.10. The molecule has 0 aromatic carbocycles. The zero-order valence-corrected chi connectivity index (χ0v) is 12.1. The first-order chi connectivity index (χ1) is 9.03. The van der Waals surface area contributed by atoms with Crippen LogP contribution in [0.1, 0.15) is 11.5 Å². The number of rotatable bonds is 5. The number of furan rings is 1. The maximum atomic E-state index is 12.1. The van der Waals surface area contributed by atoms with Gasteiger partial charge in [-0.05, 0) is 28.1 Å². The van der Waals surface area contributed by atoms with Crippen molar-refractivity contribution in [3.63, 3.8) is 0 Å². The van der Waals surface area contributed by atoms with Gasteiger partial charge in [-0.2, -0.15) is 10.2 Å². The van der Waals surface area contributed by atoms with Crippen molar-refractivity contribution in [2.75, 3.05) is 0 Å². The number of halogens is 1.